The van der Waals surface area contributed by atoms with Crippen molar-refractivity contribution in [2.75, 3.05) is 13.4 Å². The Morgan fingerprint density at radius 3 is 2.03 bits per heavy atom. The number of rotatable bonds is 7. The molecule has 0 aliphatic carbocycles. The zero-order chi connectivity index (χ0) is 22.2. The first-order chi connectivity index (χ1) is 13.7. The van der Waals surface area contributed by atoms with Gasteiger partial charge in [0.05, 0.1) is 12.1 Å². The lowest BCUT2D eigenvalue weighted by Crippen LogP contribution is -2.12. The topological polar surface area (TPSA) is 52.0 Å². The lowest BCUT2D eigenvalue weighted by atomic mass is 9.92. The van der Waals surface area contributed by atoms with Crippen LogP contribution in [0.1, 0.15) is 44.6 Å². The first-order valence-electron chi connectivity index (χ1n) is 9.00. The van der Waals surface area contributed by atoms with Gasteiger partial charge in [0.2, 0.25) is 0 Å². The first-order valence-corrected chi connectivity index (χ1v) is 10.9. The van der Waals surface area contributed by atoms with Gasteiger partial charge in [0, 0.05) is 24.1 Å². The molecule has 2 unspecified atom stereocenters. The van der Waals surface area contributed by atoms with Crippen LogP contribution in [0.4, 0.5) is 13.2 Å². The fourth-order valence-electron chi connectivity index (χ4n) is 2.94. The third kappa shape index (κ3) is 6.32. The SMILES string of the molecule is C/C=C\C(C)C(/C=C/C)c1nc(C(F)F)cn1-c1ccc(S(C)(=O)=O)cc1.CF. The summed E-state index contributed by atoms with van der Waals surface area (Å²) < 4.78 is 61.0. The fraction of sp³-hybridized carbons (Fsp3) is 0.381. The molecule has 29 heavy (non-hydrogen) atoms. The fourth-order valence-corrected chi connectivity index (χ4v) is 3.57. The molecule has 0 aliphatic heterocycles. The molecule has 0 radical (unpaired) electrons. The number of halogens is 3. The summed E-state index contributed by atoms with van der Waals surface area (Å²) in [6.45, 7) is 5.78. The third-order valence-electron chi connectivity index (χ3n) is 4.28. The predicted molar refractivity (Wildman–Crippen MR) is 110 cm³/mol. The van der Waals surface area contributed by atoms with Crippen molar-refractivity contribution in [3.8, 4) is 5.69 Å². The van der Waals surface area contributed by atoms with Crippen molar-refractivity contribution in [1.29, 1.82) is 0 Å². The molecule has 2 rings (SSSR count). The minimum absolute atomic E-state index is 0.0492. The highest BCUT2D eigenvalue weighted by molar-refractivity contribution is 7.90. The highest BCUT2D eigenvalue weighted by Gasteiger charge is 2.24. The van der Waals surface area contributed by atoms with Crippen LogP contribution in [-0.2, 0) is 9.84 Å². The zero-order valence-corrected chi connectivity index (χ0v) is 18.0. The standard InChI is InChI=1S/C20H24F2N2O2S.CH3F/c1-5-7-14(3)17(8-6-2)20-23-18(19(21)22)13-24(20)15-9-11-16(12-10-15)27(4,25)26;1-2/h5-14,17,19H,1-4H3;1H3/b7-5-,8-6+;. The van der Waals surface area contributed by atoms with Crippen LogP contribution in [0.25, 0.3) is 5.69 Å². The van der Waals surface area contributed by atoms with Crippen LogP contribution in [0.2, 0.25) is 0 Å². The molecule has 0 N–H and O–H groups in total. The summed E-state index contributed by atoms with van der Waals surface area (Å²) in [5.41, 5.74) is 0.276. The van der Waals surface area contributed by atoms with E-state index >= 15 is 0 Å². The molecule has 0 aliphatic rings. The number of nitrogens with zero attached hydrogens (tertiary/aromatic N) is 2. The summed E-state index contributed by atoms with van der Waals surface area (Å²) in [6, 6.07) is 6.14. The van der Waals surface area contributed by atoms with E-state index in [0.717, 1.165) is 6.26 Å². The molecule has 4 nitrogen and oxygen atoms in total. The average Bonchev–Trinajstić information content (AvgIpc) is 3.12. The summed E-state index contributed by atoms with van der Waals surface area (Å²) in [5, 5.41) is 0. The van der Waals surface area contributed by atoms with E-state index in [2.05, 4.69) is 4.98 Å². The smallest absolute Gasteiger partial charge is 0.281 e. The Bertz CT molecular complexity index is 933. The lowest BCUT2D eigenvalue weighted by molar-refractivity contribution is 0.146. The minimum Gasteiger partial charge on any atom is -0.303 e. The Labute approximate surface area is 170 Å². The molecule has 160 valence electrons. The van der Waals surface area contributed by atoms with Crippen LogP contribution in [0.15, 0.2) is 59.7 Å². The average molecular weight is 429 g/mol. The summed E-state index contributed by atoms with van der Waals surface area (Å²) in [6.07, 6.45) is 7.47. The molecule has 0 spiro atoms. The van der Waals surface area contributed by atoms with E-state index in [1.54, 1.807) is 16.7 Å². The second-order valence-electron chi connectivity index (χ2n) is 6.40. The van der Waals surface area contributed by atoms with Gasteiger partial charge in [-0.05, 0) is 44.0 Å². The maximum atomic E-state index is 13.3. The van der Waals surface area contributed by atoms with Crippen LogP contribution in [-0.4, -0.2) is 31.4 Å². The molecule has 0 fully saturated rings. The Kier molecular flexibility index (Phi) is 9.36. The molecule has 1 heterocycles. The Hall–Kier alpha value is -2.35. The van der Waals surface area contributed by atoms with Crippen molar-refractivity contribution in [1.82, 2.24) is 9.55 Å². The van der Waals surface area contributed by atoms with Gasteiger partial charge < -0.3 is 4.57 Å². The maximum absolute atomic E-state index is 13.3. The van der Waals surface area contributed by atoms with Gasteiger partial charge in [-0.1, -0.05) is 31.2 Å². The number of alkyl halides is 3. The van der Waals surface area contributed by atoms with Crippen LogP contribution in [0.3, 0.4) is 0 Å². The van der Waals surface area contributed by atoms with Gasteiger partial charge in [0.15, 0.2) is 9.84 Å². The molecule has 0 bridgehead atoms. The van der Waals surface area contributed by atoms with Gasteiger partial charge in [-0.2, -0.15) is 0 Å². The number of allylic oxidation sites excluding steroid dienone is 4. The molecule has 2 aromatic rings. The van der Waals surface area contributed by atoms with E-state index in [-0.39, 0.29) is 22.4 Å². The number of benzene rings is 1. The highest BCUT2D eigenvalue weighted by Crippen LogP contribution is 2.31. The summed E-state index contributed by atoms with van der Waals surface area (Å²) >= 11 is 0. The lowest BCUT2D eigenvalue weighted by Gasteiger charge is -2.19. The van der Waals surface area contributed by atoms with E-state index in [1.165, 1.54) is 18.3 Å². The van der Waals surface area contributed by atoms with Gasteiger partial charge in [-0.3, -0.25) is 4.39 Å². The summed E-state index contributed by atoms with van der Waals surface area (Å²) in [7, 11) is -2.83. The molecule has 1 aromatic heterocycles. The van der Waals surface area contributed by atoms with Crippen LogP contribution >= 0.6 is 0 Å². The molecule has 0 saturated carbocycles. The molecular weight excluding hydrogens is 401 g/mol. The Morgan fingerprint density at radius 2 is 1.59 bits per heavy atom. The molecule has 0 saturated heterocycles. The van der Waals surface area contributed by atoms with E-state index in [9.17, 15) is 21.6 Å². The number of imidazole rings is 1. The molecular formula is C21H27F3N2O2S. The van der Waals surface area contributed by atoms with Crippen molar-refractivity contribution in [2.24, 2.45) is 5.92 Å². The zero-order valence-electron chi connectivity index (χ0n) is 17.2. The van der Waals surface area contributed by atoms with Crippen molar-refractivity contribution >= 4 is 9.84 Å². The monoisotopic (exact) mass is 428 g/mol. The number of hydrogen-bond acceptors (Lipinski definition) is 3. The predicted octanol–water partition coefficient (Wildman–Crippen LogP) is 5.67. The van der Waals surface area contributed by atoms with E-state index < -0.39 is 16.3 Å². The highest BCUT2D eigenvalue weighted by atomic mass is 32.2. The largest absolute Gasteiger partial charge is 0.303 e. The van der Waals surface area contributed by atoms with Crippen LogP contribution in [0.5, 0.6) is 0 Å². The second-order valence-corrected chi connectivity index (χ2v) is 8.41. The van der Waals surface area contributed by atoms with E-state index in [0.29, 0.717) is 18.7 Å². The number of hydrogen-bond donors (Lipinski definition) is 0. The second kappa shape index (κ2) is 11.0. The van der Waals surface area contributed by atoms with Crippen LogP contribution < -0.4 is 0 Å². The number of aromatic nitrogens is 2. The quantitative estimate of drug-likeness (QED) is 0.534. The molecule has 2 atom stereocenters. The van der Waals surface area contributed by atoms with Gasteiger partial charge in [0.1, 0.15) is 11.5 Å². The summed E-state index contributed by atoms with van der Waals surface area (Å²) in [4.78, 5) is 4.36. The number of sulfone groups is 1. The minimum atomic E-state index is -3.33. The van der Waals surface area contributed by atoms with Crippen LogP contribution in [0, 0.1) is 5.92 Å². The molecule has 1 aromatic carbocycles. The van der Waals surface area contributed by atoms with Crippen molar-refractivity contribution < 1.29 is 21.6 Å². The Morgan fingerprint density at radius 1 is 1.03 bits per heavy atom. The van der Waals surface area contributed by atoms with E-state index in [1.807, 2.05) is 45.1 Å². The third-order valence-corrected chi connectivity index (χ3v) is 5.41. The van der Waals surface area contributed by atoms with Gasteiger partial charge in [0.25, 0.3) is 6.43 Å². The van der Waals surface area contributed by atoms with Crippen molar-refractivity contribution in [3.05, 3.63) is 66.3 Å². The molecule has 8 heteroatoms. The molecule has 0 amide bonds. The maximum Gasteiger partial charge on any atom is 0.281 e. The first kappa shape index (κ1) is 24.7. The van der Waals surface area contributed by atoms with Crippen molar-refractivity contribution in [3.63, 3.8) is 0 Å². The van der Waals surface area contributed by atoms with Crippen molar-refractivity contribution in [2.45, 2.75) is 38.0 Å². The van der Waals surface area contributed by atoms with Gasteiger partial charge in [-0.25, -0.2) is 22.2 Å². The van der Waals surface area contributed by atoms with Gasteiger partial charge >= 0.3 is 0 Å². The normalized spacial score (nSPS) is 14.2. The summed E-state index contributed by atoms with van der Waals surface area (Å²) in [5.74, 6) is 0.336. The Balaban J connectivity index is 0.00000204. The van der Waals surface area contributed by atoms with Gasteiger partial charge in [-0.15, -0.1) is 0 Å². The van der Waals surface area contributed by atoms with E-state index in [4.69, 9.17) is 0 Å².